The zero-order chi connectivity index (χ0) is 23.8. The summed E-state index contributed by atoms with van der Waals surface area (Å²) in [7, 11) is -3.76. The molecule has 1 atom stereocenters. The maximum Gasteiger partial charge on any atom is 0.240 e. The number of benzene rings is 2. The average molecular weight is 470 g/mol. The average Bonchev–Trinajstić information content (AvgIpc) is 3.55. The van der Waals surface area contributed by atoms with Crippen molar-refractivity contribution in [2.24, 2.45) is 5.92 Å². The Balaban J connectivity index is 1.34. The third-order valence-electron chi connectivity index (χ3n) is 6.25. The van der Waals surface area contributed by atoms with Gasteiger partial charge < -0.3 is 10.2 Å². The van der Waals surface area contributed by atoms with Gasteiger partial charge in [0.05, 0.1) is 4.90 Å². The van der Waals surface area contributed by atoms with Gasteiger partial charge in [-0.15, -0.1) is 0 Å². The van der Waals surface area contributed by atoms with Crippen molar-refractivity contribution < 1.29 is 18.0 Å². The number of carbonyl (C=O) groups is 2. The van der Waals surface area contributed by atoms with E-state index in [0.29, 0.717) is 18.0 Å². The lowest BCUT2D eigenvalue weighted by molar-refractivity contribution is -0.120. The van der Waals surface area contributed by atoms with Gasteiger partial charge in [0.15, 0.2) is 0 Å². The molecule has 1 aliphatic heterocycles. The van der Waals surface area contributed by atoms with Crippen LogP contribution in [0.15, 0.2) is 47.4 Å². The van der Waals surface area contributed by atoms with Crippen LogP contribution < -0.4 is 14.9 Å². The van der Waals surface area contributed by atoms with Crippen LogP contribution >= 0.6 is 0 Å². The molecule has 176 valence electrons. The number of sulfonamides is 1. The van der Waals surface area contributed by atoms with E-state index in [9.17, 15) is 18.0 Å². The molecule has 1 unspecified atom stereocenters. The number of anilines is 2. The van der Waals surface area contributed by atoms with Crippen LogP contribution in [0.5, 0.6) is 0 Å². The van der Waals surface area contributed by atoms with E-state index in [4.69, 9.17) is 0 Å². The highest BCUT2D eigenvalue weighted by Crippen LogP contribution is 2.39. The number of carbonyl (C=O) groups excluding carboxylic acids is 2. The van der Waals surface area contributed by atoms with Crippen LogP contribution in [0.1, 0.15) is 57.1 Å². The SMILES string of the molecule is CC(C)c1ccc(NC(=O)CCNS(=O)(=O)c2ccc3c(c2)CC(C)N3C(=O)C2CC2)cc1. The van der Waals surface area contributed by atoms with Crippen molar-refractivity contribution in [3.8, 4) is 0 Å². The van der Waals surface area contributed by atoms with E-state index in [1.54, 1.807) is 12.1 Å². The smallest absolute Gasteiger partial charge is 0.240 e. The normalized spacial score (nSPS) is 17.8. The highest BCUT2D eigenvalue weighted by molar-refractivity contribution is 7.89. The quantitative estimate of drug-likeness (QED) is 0.615. The van der Waals surface area contributed by atoms with Crippen LogP contribution in [0, 0.1) is 5.92 Å². The van der Waals surface area contributed by atoms with Crippen molar-refractivity contribution in [2.45, 2.75) is 63.3 Å². The van der Waals surface area contributed by atoms with Crippen molar-refractivity contribution >= 4 is 33.2 Å². The molecular formula is C25H31N3O4S. The number of hydrogen-bond donors (Lipinski definition) is 2. The molecule has 2 aliphatic rings. The number of rotatable bonds is 8. The molecule has 2 aromatic rings. The Labute approximate surface area is 195 Å². The Morgan fingerprint density at radius 3 is 2.42 bits per heavy atom. The number of hydrogen-bond acceptors (Lipinski definition) is 4. The van der Waals surface area contributed by atoms with Gasteiger partial charge in [0.1, 0.15) is 0 Å². The first-order valence-electron chi connectivity index (χ1n) is 11.5. The summed E-state index contributed by atoms with van der Waals surface area (Å²) in [4.78, 5) is 26.8. The van der Waals surface area contributed by atoms with Gasteiger partial charge >= 0.3 is 0 Å². The number of fused-ring (bicyclic) bond motifs is 1. The van der Waals surface area contributed by atoms with Gasteiger partial charge in [0.25, 0.3) is 0 Å². The number of nitrogens with zero attached hydrogens (tertiary/aromatic N) is 1. The van der Waals surface area contributed by atoms with Crippen molar-refractivity contribution in [1.29, 1.82) is 0 Å². The summed E-state index contributed by atoms with van der Waals surface area (Å²) in [6, 6.07) is 12.6. The Hall–Kier alpha value is -2.71. The zero-order valence-electron chi connectivity index (χ0n) is 19.3. The molecule has 7 nitrogen and oxygen atoms in total. The summed E-state index contributed by atoms with van der Waals surface area (Å²) in [6.45, 7) is 6.19. The van der Waals surface area contributed by atoms with Gasteiger partial charge in [-0.3, -0.25) is 9.59 Å². The third kappa shape index (κ3) is 5.28. The maximum absolute atomic E-state index is 12.8. The second-order valence-corrected chi connectivity index (χ2v) is 11.1. The van der Waals surface area contributed by atoms with Crippen LogP contribution in [-0.4, -0.2) is 32.8 Å². The highest BCUT2D eigenvalue weighted by Gasteiger charge is 2.39. The molecule has 8 heteroatoms. The summed E-state index contributed by atoms with van der Waals surface area (Å²) in [5, 5.41) is 2.79. The Bertz CT molecular complexity index is 1150. The standard InChI is InChI=1S/C25H31N3O4S/c1-16(2)18-6-8-21(9-7-18)27-24(29)12-13-26-33(31,32)22-10-11-23-20(15-22)14-17(3)28(23)25(30)19-4-5-19/h6-11,15-17,19,26H,4-5,12-14H2,1-3H3,(H,27,29). The summed E-state index contributed by atoms with van der Waals surface area (Å²) < 4.78 is 28.0. The van der Waals surface area contributed by atoms with Crippen molar-refractivity contribution in [1.82, 2.24) is 4.72 Å². The molecule has 1 heterocycles. The maximum atomic E-state index is 12.8. The van der Waals surface area contributed by atoms with E-state index in [1.165, 1.54) is 11.6 Å². The summed E-state index contributed by atoms with van der Waals surface area (Å²) >= 11 is 0. The fourth-order valence-corrected chi connectivity index (χ4v) is 5.28. The predicted octanol–water partition coefficient (Wildman–Crippen LogP) is 3.80. The van der Waals surface area contributed by atoms with E-state index in [2.05, 4.69) is 23.9 Å². The lowest BCUT2D eigenvalue weighted by Crippen LogP contribution is -2.36. The Morgan fingerprint density at radius 2 is 1.79 bits per heavy atom. The lowest BCUT2D eigenvalue weighted by Gasteiger charge is -2.22. The lowest BCUT2D eigenvalue weighted by atomic mass is 10.0. The van der Waals surface area contributed by atoms with Crippen LogP contribution in [0.4, 0.5) is 11.4 Å². The molecular weight excluding hydrogens is 438 g/mol. The molecule has 0 saturated heterocycles. The molecule has 0 aromatic heterocycles. The molecule has 1 fully saturated rings. The van der Waals surface area contributed by atoms with Crippen molar-refractivity contribution in [3.05, 3.63) is 53.6 Å². The van der Waals surface area contributed by atoms with Crippen LogP contribution in [-0.2, 0) is 26.0 Å². The van der Waals surface area contributed by atoms with Gasteiger partial charge in [0.2, 0.25) is 21.8 Å². The Morgan fingerprint density at radius 1 is 1.09 bits per heavy atom. The fourth-order valence-electron chi connectivity index (χ4n) is 4.19. The van der Waals surface area contributed by atoms with Crippen molar-refractivity contribution in [2.75, 3.05) is 16.8 Å². The number of amides is 2. The molecule has 0 bridgehead atoms. The summed E-state index contributed by atoms with van der Waals surface area (Å²) in [6.07, 6.45) is 2.53. The molecule has 1 aliphatic carbocycles. The topological polar surface area (TPSA) is 95.6 Å². The summed E-state index contributed by atoms with van der Waals surface area (Å²) in [5.41, 5.74) is 3.54. The first kappa shape index (κ1) is 23.4. The van der Waals surface area contributed by atoms with Crippen LogP contribution in [0.3, 0.4) is 0 Å². The van der Waals surface area contributed by atoms with E-state index in [1.807, 2.05) is 36.1 Å². The van der Waals surface area contributed by atoms with E-state index in [0.717, 1.165) is 24.1 Å². The molecule has 4 rings (SSSR count). The minimum absolute atomic E-state index is 0.00196. The van der Waals surface area contributed by atoms with Gasteiger partial charge in [-0.2, -0.15) is 0 Å². The second kappa shape index (κ2) is 9.27. The predicted molar refractivity (Wildman–Crippen MR) is 129 cm³/mol. The molecule has 0 spiro atoms. The molecule has 2 amide bonds. The first-order chi connectivity index (χ1) is 15.7. The second-order valence-electron chi connectivity index (χ2n) is 9.30. The van der Waals surface area contributed by atoms with E-state index in [-0.39, 0.29) is 41.6 Å². The molecule has 2 N–H and O–H groups in total. The van der Waals surface area contributed by atoms with Crippen LogP contribution in [0.25, 0.3) is 0 Å². The summed E-state index contributed by atoms with van der Waals surface area (Å²) in [5.74, 6) is 0.406. The first-order valence-corrected chi connectivity index (χ1v) is 13.0. The zero-order valence-corrected chi connectivity index (χ0v) is 20.1. The third-order valence-corrected chi connectivity index (χ3v) is 7.70. The van der Waals surface area contributed by atoms with Gasteiger partial charge in [-0.05, 0) is 73.6 Å². The highest BCUT2D eigenvalue weighted by atomic mass is 32.2. The van der Waals surface area contributed by atoms with Gasteiger partial charge in [0, 0.05) is 36.3 Å². The van der Waals surface area contributed by atoms with Gasteiger partial charge in [-0.25, -0.2) is 13.1 Å². The monoisotopic (exact) mass is 469 g/mol. The molecule has 1 saturated carbocycles. The van der Waals surface area contributed by atoms with Crippen molar-refractivity contribution in [3.63, 3.8) is 0 Å². The largest absolute Gasteiger partial charge is 0.326 e. The van der Waals surface area contributed by atoms with Crippen LogP contribution in [0.2, 0.25) is 0 Å². The minimum Gasteiger partial charge on any atom is -0.326 e. The Kier molecular flexibility index (Phi) is 6.59. The molecule has 2 aromatic carbocycles. The van der Waals surface area contributed by atoms with Gasteiger partial charge in [-0.1, -0.05) is 26.0 Å². The van der Waals surface area contributed by atoms with E-state index >= 15 is 0 Å². The van der Waals surface area contributed by atoms with E-state index < -0.39 is 10.0 Å². The molecule has 33 heavy (non-hydrogen) atoms. The number of nitrogens with one attached hydrogen (secondary N) is 2. The minimum atomic E-state index is -3.76. The fraction of sp³-hybridized carbons (Fsp3) is 0.440. The molecule has 0 radical (unpaired) electrons.